The van der Waals surface area contributed by atoms with E-state index in [1.807, 2.05) is 0 Å². The summed E-state index contributed by atoms with van der Waals surface area (Å²) in [6, 6.07) is 4.93. The van der Waals surface area contributed by atoms with Gasteiger partial charge in [0.1, 0.15) is 0 Å². The molecule has 6 heteroatoms. The molecule has 110 valence electrons. The zero-order valence-electron chi connectivity index (χ0n) is 11.9. The molecule has 2 heterocycles. The Labute approximate surface area is 121 Å². The van der Waals surface area contributed by atoms with Crippen LogP contribution in [0.4, 0.5) is 10.1 Å². The molecule has 1 fully saturated rings. The molecule has 0 radical (unpaired) electrons. The number of carbonyl (C=O) groups is 1. The van der Waals surface area contributed by atoms with Gasteiger partial charge in [0.05, 0.1) is 11.9 Å². The number of aryl methyl sites for hydroxylation is 2. The number of hydrogen-bond donors (Lipinski definition) is 0. The second-order valence-corrected chi connectivity index (χ2v) is 5.14. The molecule has 0 saturated carbocycles. The molecule has 1 atom stereocenters. The number of halogens is 1. The first-order valence-electron chi connectivity index (χ1n) is 6.78. The van der Waals surface area contributed by atoms with Crippen molar-refractivity contribution in [2.75, 3.05) is 11.4 Å². The van der Waals surface area contributed by atoms with Gasteiger partial charge in [0.25, 0.3) is 5.91 Å². The summed E-state index contributed by atoms with van der Waals surface area (Å²) in [7, 11) is 1.79. The van der Waals surface area contributed by atoms with Crippen molar-refractivity contribution >= 4 is 11.6 Å². The molecule has 1 saturated heterocycles. The molecule has 0 bridgehead atoms. The van der Waals surface area contributed by atoms with Crippen LogP contribution >= 0.6 is 0 Å². The summed E-state index contributed by atoms with van der Waals surface area (Å²) in [5.41, 5.74) is 1.24. The van der Waals surface area contributed by atoms with Gasteiger partial charge in [-0.15, -0.1) is 0 Å². The number of aromatic nitrogens is 2. The van der Waals surface area contributed by atoms with Gasteiger partial charge >= 0.3 is 0 Å². The Bertz CT molecular complexity index is 683. The number of rotatable bonds is 3. The van der Waals surface area contributed by atoms with Gasteiger partial charge in [0, 0.05) is 26.2 Å². The number of carbonyl (C=O) groups excluding carboxylic acids is 1. The molecule has 21 heavy (non-hydrogen) atoms. The smallest absolute Gasteiger partial charge is 0.268 e. The van der Waals surface area contributed by atoms with Gasteiger partial charge < -0.3 is 9.64 Å². The van der Waals surface area contributed by atoms with E-state index in [-0.39, 0.29) is 11.7 Å². The Morgan fingerprint density at radius 1 is 1.43 bits per heavy atom. The van der Waals surface area contributed by atoms with Crippen LogP contribution in [0, 0.1) is 12.7 Å². The third kappa shape index (κ3) is 2.49. The summed E-state index contributed by atoms with van der Waals surface area (Å²) < 4.78 is 21.1. The van der Waals surface area contributed by atoms with E-state index in [0.717, 1.165) is 5.69 Å². The fourth-order valence-corrected chi connectivity index (χ4v) is 2.43. The van der Waals surface area contributed by atoms with Gasteiger partial charge in [-0.3, -0.25) is 9.48 Å². The largest absolute Gasteiger partial charge is 0.477 e. The first-order chi connectivity index (χ1) is 10.1. The predicted octanol–water partition coefficient (Wildman–Crippen LogP) is 2.05. The quantitative estimate of drug-likeness (QED) is 0.869. The summed E-state index contributed by atoms with van der Waals surface area (Å²) in [5.74, 6) is -0.449. The minimum atomic E-state index is -0.651. The lowest BCUT2D eigenvalue weighted by Gasteiger charge is -2.16. The number of benzene rings is 1. The molecular formula is C15H16FN3O2. The first-order valence-corrected chi connectivity index (χ1v) is 6.78. The van der Waals surface area contributed by atoms with Crippen LogP contribution < -0.4 is 9.64 Å². The maximum absolute atomic E-state index is 13.9. The number of nitrogens with zero attached hydrogens (tertiary/aromatic N) is 3. The van der Waals surface area contributed by atoms with Crippen LogP contribution in [0.2, 0.25) is 0 Å². The highest BCUT2D eigenvalue weighted by Gasteiger charge is 2.35. The molecule has 3 rings (SSSR count). The fraction of sp³-hybridized carbons (Fsp3) is 0.333. The van der Waals surface area contributed by atoms with Crippen molar-refractivity contribution in [1.29, 1.82) is 0 Å². The molecule has 1 aliphatic rings. The molecular weight excluding hydrogens is 273 g/mol. The van der Waals surface area contributed by atoms with Crippen LogP contribution in [0.5, 0.6) is 5.75 Å². The average molecular weight is 289 g/mol. The zero-order chi connectivity index (χ0) is 15.0. The van der Waals surface area contributed by atoms with Crippen molar-refractivity contribution < 1.29 is 13.9 Å². The van der Waals surface area contributed by atoms with Crippen molar-refractivity contribution in [3.63, 3.8) is 0 Å². The SMILES string of the molecule is Cc1cccc(O[C@H]2CCN(c3cnn(C)c3)C2=O)c1F. The van der Waals surface area contributed by atoms with Crippen molar-refractivity contribution in [3.8, 4) is 5.75 Å². The van der Waals surface area contributed by atoms with Crippen LogP contribution in [0.15, 0.2) is 30.6 Å². The normalized spacial score (nSPS) is 18.3. The second kappa shape index (κ2) is 5.20. The van der Waals surface area contributed by atoms with Crippen LogP contribution in [0.1, 0.15) is 12.0 Å². The Morgan fingerprint density at radius 3 is 2.95 bits per heavy atom. The van der Waals surface area contributed by atoms with Crippen molar-refractivity contribution in [2.24, 2.45) is 7.05 Å². The molecule has 1 amide bonds. The molecule has 0 aliphatic carbocycles. The molecule has 0 spiro atoms. The lowest BCUT2D eigenvalue weighted by Crippen LogP contribution is -2.32. The minimum absolute atomic E-state index is 0.126. The molecule has 2 aromatic rings. The standard InChI is InChI=1S/C15H16FN3O2/c1-10-4-3-5-12(14(10)16)21-13-6-7-19(15(13)20)11-8-17-18(2)9-11/h3-5,8-9,13H,6-7H2,1-2H3/t13-/m0/s1. The van der Waals surface area contributed by atoms with E-state index in [1.165, 1.54) is 0 Å². The van der Waals surface area contributed by atoms with E-state index in [4.69, 9.17) is 4.74 Å². The van der Waals surface area contributed by atoms with Crippen LogP contribution in [0.25, 0.3) is 0 Å². The van der Waals surface area contributed by atoms with E-state index in [2.05, 4.69) is 5.10 Å². The number of hydrogen-bond acceptors (Lipinski definition) is 3. The molecule has 0 unspecified atom stereocenters. The van der Waals surface area contributed by atoms with Gasteiger partial charge in [-0.2, -0.15) is 5.10 Å². The van der Waals surface area contributed by atoms with Crippen LogP contribution in [-0.4, -0.2) is 28.3 Å². The van der Waals surface area contributed by atoms with Crippen molar-refractivity contribution in [2.45, 2.75) is 19.4 Å². The van der Waals surface area contributed by atoms with Gasteiger partial charge in [-0.1, -0.05) is 12.1 Å². The van der Waals surface area contributed by atoms with E-state index >= 15 is 0 Å². The molecule has 1 aromatic carbocycles. The maximum Gasteiger partial charge on any atom is 0.268 e. The lowest BCUT2D eigenvalue weighted by atomic mass is 10.2. The topological polar surface area (TPSA) is 47.4 Å². The van der Waals surface area contributed by atoms with Crippen molar-refractivity contribution in [1.82, 2.24) is 9.78 Å². The fourth-order valence-electron chi connectivity index (χ4n) is 2.43. The lowest BCUT2D eigenvalue weighted by molar-refractivity contribution is -0.122. The number of anilines is 1. The van der Waals surface area contributed by atoms with Crippen molar-refractivity contribution in [3.05, 3.63) is 42.0 Å². The summed E-state index contributed by atoms with van der Waals surface area (Å²) in [6.07, 6.45) is 3.28. The van der Waals surface area contributed by atoms with E-state index in [1.54, 1.807) is 54.1 Å². The van der Waals surface area contributed by atoms with Crippen LogP contribution in [-0.2, 0) is 11.8 Å². The molecule has 1 aliphatic heterocycles. The first kappa shape index (κ1) is 13.6. The highest BCUT2D eigenvalue weighted by Crippen LogP contribution is 2.26. The summed E-state index contributed by atoms with van der Waals surface area (Å²) in [5, 5.41) is 4.05. The molecule has 5 nitrogen and oxygen atoms in total. The summed E-state index contributed by atoms with van der Waals surface area (Å²) in [6.45, 7) is 2.21. The number of amides is 1. The highest BCUT2D eigenvalue weighted by atomic mass is 19.1. The number of ether oxygens (including phenoxy) is 1. The monoisotopic (exact) mass is 289 g/mol. The Kier molecular flexibility index (Phi) is 3.37. The Balaban J connectivity index is 1.76. The zero-order valence-corrected chi connectivity index (χ0v) is 11.9. The van der Waals surface area contributed by atoms with Crippen LogP contribution in [0.3, 0.4) is 0 Å². The molecule has 1 aromatic heterocycles. The van der Waals surface area contributed by atoms with Gasteiger partial charge in [-0.25, -0.2) is 4.39 Å². The Hall–Kier alpha value is -2.37. The Morgan fingerprint density at radius 2 is 2.24 bits per heavy atom. The van der Waals surface area contributed by atoms with Gasteiger partial charge in [0.15, 0.2) is 17.7 Å². The summed E-state index contributed by atoms with van der Waals surface area (Å²) >= 11 is 0. The van der Waals surface area contributed by atoms with E-state index in [0.29, 0.717) is 18.5 Å². The van der Waals surface area contributed by atoms with Gasteiger partial charge in [0.2, 0.25) is 0 Å². The van der Waals surface area contributed by atoms with E-state index in [9.17, 15) is 9.18 Å². The highest BCUT2D eigenvalue weighted by molar-refractivity contribution is 5.98. The third-order valence-corrected chi connectivity index (χ3v) is 3.58. The average Bonchev–Trinajstić information content (AvgIpc) is 3.02. The van der Waals surface area contributed by atoms with E-state index < -0.39 is 11.9 Å². The van der Waals surface area contributed by atoms with Gasteiger partial charge in [-0.05, 0) is 18.6 Å². The summed E-state index contributed by atoms with van der Waals surface area (Å²) in [4.78, 5) is 14.0. The maximum atomic E-state index is 13.9. The predicted molar refractivity (Wildman–Crippen MR) is 75.7 cm³/mol. The molecule has 0 N–H and O–H groups in total. The third-order valence-electron chi connectivity index (χ3n) is 3.58. The second-order valence-electron chi connectivity index (χ2n) is 5.14. The minimum Gasteiger partial charge on any atom is -0.477 e.